The van der Waals surface area contributed by atoms with E-state index in [1.54, 1.807) is 0 Å². The molecule has 1 aromatic heterocycles. The summed E-state index contributed by atoms with van der Waals surface area (Å²) < 4.78 is 0. The summed E-state index contributed by atoms with van der Waals surface area (Å²) in [4.78, 5) is 15.6. The molecule has 1 fully saturated rings. The Kier molecular flexibility index (Phi) is 2.37. The molecular formula is C15H15NO2. The van der Waals surface area contributed by atoms with Crippen LogP contribution in [0.2, 0.25) is 0 Å². The van der Waals surface area contributed by atoms with Crippen LogP contribution in [0, 0.1) is 0 Å². The fourth-order valence-electron chi connectivity index (χ4n) is 2.57. The zero-order valence-corrected chi connectivity index (χ0v) is 10.3. The van der Waals surface area contributed by atoms with Gasteiger partial charge in [0.15, 0.2) is 0 Å². The van der Waals surface area contributed by atoms with Crippen LogP contribution in [-0.4, -0.2) is 16.1 Å². The van der Waals surface area contributed by atoms with Crippen LogP contribution in [0.15, 0.2) is 30.6 Å². The van der Waals surface area contributed by atoms with Gasteiger partial charge in [0.2, 0.25) is 0 Å². The average molecular weight is 241 g/mol. The first-order valence-corrected chi connectivity index (χ1v) is 6.28. The molecular weight excluding hydrogens is 226 g/mol. The minimum absolute atomic E-state index is 0.629. The summed E-state index contributed by atoms with van der Waals surface area (Å²) >= 11 is 0. The van der Waals surface area contributed by atoms with Crippen molar-refractivity contribution in [2.75, 3.05) is 0 Å². The van der Waals surface area contributed by atoms with E-state index in [9.17, 15) is 9.90 Å². The third kappa shape index (κ3) is 1.50. The summed E-state index contributed by atoms with van der Waals surface area (Å²) in [5.41, 5.74) is 1.49. The lowest BCUT2D eigenvalue weighted by atomic mass is 9.93. The molecule has 3 nitrogen and oxygen atoms in total. The highest BCUT2D eigenvalue weighted by Crippen LogP contribution is 2.48. The number of rotatable bonds is 3. The maximum absolute atomic E-state index is 11.3. The van der Waals surface area contributed by atoms with Gasteiger partial charge in [0.25, 0.3) is 0 Å². The summed E-state index contributed by atoms with van der Waals surface area (Å²) in [5, 5.41) is 11.5. The minimum atomic E-state index is -0.707. The molecule has 0 unspecified atom stereocenters. The van der Waals surface area contributed by atoms with E-state index >= 15 is 0 Å². The topological polar surface area (TPSA) is 50.2 Å². The first-order chi connectivity index (χ1) is 8.67. The van der Waals surface area contributed by atoms with Crippen LogP contribution in [-0.2, 0) is 16.6 Å². The molecule has 1 aromatic carbocycles. The van der Waals surface area contributed by atoms with E-state index in [2.05, 4.69) is 11.9 Å². The van der Waals surface area contributed by atoms with Crippen molar-refractivity contribution >= 4 is 16.7 Å². The van der Waals surface area contributed by atoms with Crippen molar-refractivity contribution in [3.05, 3.63) is 41.7 Å². The predicted octanol–water partition coefficient (Wildman–Crippen LogP) is 2.91. The monoisotopic (exact) mass is 241 g/mol. The van der Waals surface area contributed by atoms with Gasteiger partial charge >= 0.3 is 5.97 Å². The molecule has 0 radical (unpaired) electrons. The van der Waals surface area contributed by atoms with E-state index in [4.69, 9.17) is 0 Å². The van der Waals surface area contributed by atoms with Crippen molar-refractivity contribution in [3.63, 3.8) is 0 Å². The molecule has 1 saturated carbocycles. The van der Waals surface area contributed by atoms with Gasteiger partial charge in [0.1, 0.15) is 0 Å². The van der Waals surface area contributed by atoms with Crippen molar-refractivity contribution in [2.24, 2.45) is 0 Å². The number of hydrogen-bond acceptors (Lipinski definition) is 2. The van der Waals surface area contributed by atoms with Gasteiger partial charge in [-0.3, -0.25) is 9.78 Å². The number of benzene rings is 1. The van der Waals surface area contributed by atoms with Crippen LogP contribution in [0.4, 0.5) is 0 Å². The van der Waals surface area contributed by atoms with Gasteiger partial charge < -0.3 is 5.11 Å². The number of carbonyl (C=O) groups is 1. The van der Waals surface area contributed by atoms with E-state index < -0.39 is 11.4 Å². The van der Waals surface area contributed by atoms with Crippen molar-refractivity contribution in [3.8, 4) is 0 Å². The van der Waals surface area contributed by atoms with Crippen molar-refractivity contribution in [1.82, 2.24) is 4.98 Å². The molecule has 0 saturated heterocycles. The molecule has 1 aliphatic rings. The third-order valence-corrected chi connectivity index (χ3v) is 3.93. The van der Waals surface area contributed by atoms with Crippen molar-refractivity contribution in [1.29, 1.82) is 0 Å². The number of carboxylic acid groups (broad SMARTS) is 1. The normalized spacial score (nSPS) is 16.7. The molecule has 0 amide bonds. The molecule has 1 aliphatic carbocycles. The van der Waals surface area contributed by atoms with Crippen molar-refractivity contribution < 1.29 is 9.90 Å². The lowest BCUT2D eigenvalue weighted by Gasteiger charge is -2.12. The van der Waals surface area contributed by atoms with E-state index in [0.717, 1.165) is 30.2 Å². The zero-order chi connectivity index (χ0) is 12.8. The molecule has 0 aliphatic heterocycles. The molecule has 0 atom stereocenters. The highest BCUT2D eigenvalue weighted by Gasteiger charge is 2.51. The Hall–Kier alpha value is -1.90. The van der Waals surface area contributed by atoms with Gasteiger partial charge in [-0.2, -0.15) is 0 Å². The summed E-state index contributed by atoms with van der Waals surface area (Å²) in [6.07, 6.45) is 6.12. The molecule has 0 spiro atoms. The van der Waals surface area contributed by atoms with E-state index in [1.807, 2.05) is 30.6 Å². The molecule has 2 aromatic rings. The largest absolute Gasteiger partial charge is 0.481 e. The van der Waals surface area contributed by atoms with Crippen LogP contribution in [0.1, 0.15) is 30.9 Å². The van der Waals surface area contributed by atoms with E-state index in [-0.39, 0.29) is 0 Å². The summed E-state index contributed by atoms with van der Waals surface area (Å²) in [6.45, 7) is 2.10. The van der Waals surface area contributed by atoms with Gasteiger partial charge in [0, 0.05) is 17.8 Å². The second-order valence-corrected chi connectivity index (χ2v) is 4.98. The maximum Gasteiger partial charge on any atom is 0.314 e. The fourth-order valence-corrected chi connectivity index (χ4v) is 2.57. The van der Waals surface area contributed by atoms with Crippen LogP contribution >= 0.6 is 0 Å². The number of aromatic nitrogens is 1. The Balaban J connectivity index is 2.16. The summed E-state index contributed by atoms with van der Waals surface area (Å²) in [6, 6.07) is 5.99. The van der Waals surface area contributed by atoms with Gasteiger partial charge in [-0.05, 0) is 41.8 Å². The Bertz CT molecular complexity index is 629. The number of carboxylic acids is 1. The van der Waals surface area contributed by atoms with Crippen LogP contribution < -0.4 is 0 Å². The number of nitrogens with zero attached hydrogens (tertiary/aromatic N) is 1. The van der Waals surface area contributed by atoms with Gasteiger partial charge in [-0.1, -0.05) is 19.1 Å². The Labute approximate surface area is 105 Å². The quantitative estimate of drug-likeness (QED) is 0.898. The molecule has 3 heteroatoms. The van der Waals surface area contributed by atoms with Crippen molar-refractivity contribution in [2.45, 2.75) is 31.6 Å². The molecule has 0 bridgehead atoms. The van der Waals surface area contributed by atoms with Gasteiger partial charge in [-0.25, -0.2) is 0 Å². The van der Waals surface area contributed by atoms with Gasteiger partial charge in [-0.15, -0.1) is 0 Å². The molecule has 1 N–H and O–H groups in total. The van der Waals surface area contributed by atoms with E-state index in [0.29, 0.717) is 0 Å². The number of fused-ring (bicyclic) bond motifs is 1. The van der Waals surface area contributed by atoms with Crippen LogP contribution in [0.3, 0.4) is 0 Å². The first kappa shape index (κ1) is 11.2. The zero-order valence-electron chi connectivity index (χ0n) is 10.3. The number of aryl methyl sites for hydroxylation is 1. The number of hydrogen-bond donors (Lipinski definition) is 1. The second kappa shape index (κ2) is 3.80. The van der Waals surface area contributed by atoms with Crippen LogP contribution in [0.25, 0.3) is 10.8 Å². The Morgan fingerprint density at radius 2 is 2.17 bits per heavy atom. The molecule has 3 rings (SSSR count). The number of aliphatic carboxylic acids is 1. The van der Waals surface area contributed by atoms with Crippen LogP contribution in [0.5, 0.6) is 0 Å². The average Bonchev–Trinajstić information content (AvgIpc) is 3.18. The number of pyridine rings is 1. The summed E-state index contributed by atoms with van der Waals surface area (Å²) in [5.74, 6) is -0.707. The predicted molar refractivity (Wildman–Crippen MR) is 69.7 cm³/mol. The fraction of sp³-hybridized carbons (Fsp3) is 0.333. The second-order valence-electron chi connectivity index (χ2n) is 4.98. The van der Waals surface area contributed by atoms with E-state index in [1.165, 1.54) is 10.9 Å². The highest BCUT2D eigenvalue weighted by atomic mass is 16.4. The SMILES string of the molecule is CCc1cncc2cc(C3(C(=O)O)CC3)ccc12. The summed E-state index contributed by atoms with van der Waals surface area (Å²) in [7, 11) is 0. The first-order valence-electron chi connectivity index (χ1n) is 6.28. The maximum atomic E-state index is 11.3. The highest BCUT2D eigenvalue weighted by molar-refractivity contribution is 5.90. The third-order valence-electron chi connectivity index (χ3n) is 3.93. The lowest BCUT2D eigenvalue weighted by Crippen LogP contribution is -2.19. The Morgan fingerprint density at radius 3 is 2.78 bits per heavy atom. The minimum Gasteiger partial charge on any atom is -0.481 e. The lowest BCUT2D eigenvalue weighted by molar-refractivity contribution is -0.140. The molecule has 92 valence electrons. The molecule has 18 heavy (non-hydrogen) atoms. The molecule has 1 heterocycles. The Morgan fingerprint density at radius 1 is 1.39 bits per heavy atom. The standard InChI is InChI=1S/C15H15NO2/c1-2-10-8-16-9-11-7-12(3-4-13(10)11)15(5-6-15)14(17)18/h3-4,7-9H,2,5-6H2,1H3,(H,17,18). The van der Waals surface area contributed by atoms with Gasteiger partial charge in [0.05, 0.1) is 5.41 Å². The smallest absolute Gasteiger partial charge is 0.314 e.